The normalized spacial score (nSPS) is 10.6. The monoisotopic (exact) mass is 305 g/mol. The van der Waals surface area contributed by atoms with E-state index in [9.17, 15) is 0 Å². The lowest BCUT2D eigenvalue weighted by Gasteiger charge is -2.10. The van der Waals surface area contributed by atoms with Gasteiger partial charge in [-0.1, -0.05) is 36.4 Å². The zero-order chi connectivity index (χ0) is 10.6. The van der Waals surface area contributed by atoms with Gasteiger partial charge in [0, 0.05) is 17.9 Å². The van der Waals surface area contributed by atoms with Crippen LogP contribution >= 0.6 is 22.6 Å². The molecule has 0 spiro atoms. The summed E-state index contributed by atoms with van der Waals surface area (Å²) in [6.07, 6.45) is 2.83. The molecule has 0 aliphatic carbocycles. The van der Waals surface area contributed by atoms with Crippen molar-refractivity contribution in [2.75, 3.05) is 16.8 Å². The molecule has 0 saturated carbocycles. The summed E-state index contributed by atoms with van der Waals surface area (Å²) >= 11 is 2.36. The van der Waals surface area contributed by atoms with Crippen molar-refractivity contribution < 1.29 is 0 Å². The quantitative estimate of drug-likeness (QED) is 0.686. The lowest BCUT2D eigenvalue weighted by atomic mass is 10.1. The van der Waals surface area contributed by atoms with Crippen LogP contribution < -0.4 is 5.32 Å². The van der Waals surface area contributed by atoms with Gasteiger partial charge in [-0.25, -0.2) is 4.98 Å². The van der Waals surface area contributed by atoms with E-state index in [-0.39, 0.29) is 0 Å². The van der Waals surface area contributed by atoms with Crippen LogP contribution in [0, 0.1) is 0 Å². The molecule has 0 bridgehead atoms. The molecule has 3 nitrogen and oxygen atoms in total. The molecule has 0 unspecified atom stereocenters. The second-order valence-electron chi connectivity index (χ2n) is 3.43. The Hall–Kier alpha value is -0.390. The van der Waals surface area contributed by atoms with E-state index in [1.54, 1.807) is 0 Å². The second-order valence-corrected chi connectivity index (χ2v) is 4.51. The Morgan fingerprint density at radius 1 is 1.50 bits per heavy atom. The van der Waals surface area contributed by atoms with E-state index >= 15 is 0 Å². The van der Waals surface area contributed by atoms with Crippen molar-refractivity contribution in [1.29, 1.82) is 0 Å². The highest BCUT2D eigenvalue weighted by Crippen LogP contribution is 2.16. The molecular weight excluding hydrogens is 289 g/mol. The third kappa shape index (κ3) is 2.80. The van der Waals surface area contributed by atoms with E-state index in [0.29, 0.717) is 5.92 Å². The molecule has 0 fully saturated rings. The maximum absolute atomic E-state index is 4.60. The average Bonchev–Trinajstić information content (AvgIpc) is 2.18. The number of alkyl halides is 1. The van der Waals surface area contributed by atoms with Gasteiger partial charge in [-0.05, 0) is 5.92 Å². The Kier molecular flexibility index (Phi) is 4.57. The van der Waals surface area contributed by atoms with Crippen LogP contribution in [0.4, 0.5) is 5.82 Å². The molecule has 0 aromatic carbocycles. The van der Waals surface area contributed by atoms with Crippen molar-refractivity contribution in [1.82, 2.24) is 9.97 Å². The number of aromatic nitrogens is 2. The molecular formula is C10H16IN3. The molecule has 4 heteroatoms. The van der Waals surface area contributed by atoms with Crippen molar-refractivity contribution in [3.8, 4) is 0 Å². The van der Waals surface area contributed by atoms with Gasteiger partial charge in [0.15, 0.2) is 0 Å². The number of hydrogen-bond acceptors (Lipinski definition) is 3. The largest absolute Gasteiger partial charge is 0.372 e. The van der Waals surface area contributed by atoms with Gasteiger partial charge in [-0.2, -0.15) is 0 Å². The summed E-state index contributed by atoms with van der Waals surface area (Å²) in [5, 5.41) is 3.07. The van der Waals surface area contributed by atoms with Crippen molar-refractivity contribution in [3.05, 3.63) is 17.6 Å². The molecule has 0 aliphatic rings. The summed E-state index contributed by atoms with van der Waals surface area (Å²) in [4.78, 5) is 8.96. The fourth-order valence-corrected chi connectivity index (χ4v) is 1.70. The summed E-state index contributed by atoms with van der Waals surface area (Å²) in [5.74, 6) is 1.35. The molecule has 1 aromatic rings. The predicted molar refractivity (Wildman–Crippen MR) is 68.3 cm³/mol. The minimum Gasteiger partial charge on any atom is -0.372 e. The third-order valence-corrected chi connectivity index (χ3v) is 2.56. The van der Waals surface area contributed by atoms with Gasteiger partial charge < -0.3 is 5.32 Å². The minimum absolute atomic E-state index is 0.446. The van der Waals surface area contributed by atoms with Crippen LogP contribution in [-0.4, -0.2) is 21.4 Å². The summed E-state index contributed by atoms with van der Waals surface area (Å²) in [6.45, 7) is 4.27. The molecule has 14 heavy (non-hydrogen) atoms. The first kappa shape index (κ1) is 11.7. The highest BCUT2D eigenvalue weighted by Gasteiger charge is 2.07. The first-order chi connectivity index (χ1) is 6.69. The van der Waals surface area contributed by atoms with Gasteiger partial charge in [-0.15, -0.1) is 0 Å². The lowest BCUT2D eigenvalue weighted by molar-refractivity contribution is 0.796. The molecule has 0 aliphatic heterocycles. The fraction of sp³-hybridized carbons (Fsp3) is 0.600. The Labute approximate surface area is 98.9 Å². The van der Waals surface area contributed by atoms with E-state index < -0.39 is 0 Å². The number of anilines is 1. The van der Waals surface area contributed by atoms with E-state index in [4.69, 9.17) is 0 Å². The van der Waals surface area contributed by atoms with Gasteiger partial charge >= 0.3 is 0 Å². The van der Waals surface area contributed by atoms with Crippen LogP contribution in [-0.2, 0) is 6.42 Å². The minimum atomic E-state index is 0.446. The van der Waals surface area contributed by atoms with Gasteiger partial charge in [0.1, 0.15) is 5.82 Å². The summed E-state index contributed by atoms with van der Waals surface area (Å²) in [6, 6.07) is 0. The Morgan fingerprint density at radius 3 is 2.71 bits per heavy atom. The molecule has 0 radical (unpaired) electrons. The molecule has 78 valence electrons. The first-order valence-electron chi connectivity index (χ1n) is 4.78. The van der Waals surface area contributed by atoms with Crippen molar-refractivity contribution >= 4 is 28.4 Å². The van der Waals surface area contributed by atoms with Crippen LogP contribution in [0.15, 0.2) is 6.20 Å². The summed E-state index contributed by atoms with van der Waals surface area (Å²) in [7, 11) is 1.88. The maximum atomic E-state index is 4.60. The number of nitrogens with zero attached hydrogens (tertiary/aromatic N) is 2. The lowest BCUT2D eigenvalue weighted by Crippen LogP contribution is -2.06. The average molecular weight is 305 g/mol. The van der Waals surface area contributed by atoms with Crippen LogP contribution in [0.25, 0.3) is 0 Å². The van der Waals surface area contributed by atoms with E-state index in [1.807, 2.05) is 13.2 Å². The fourth-order valence-electron chi connectivity index (χ4n) is 1.19. The Balaban J connectivity index is 3.01. The van der Waals surface area contributed by atoms with Crippen molar-refractivity contribution in [2.45, 2.75) is 26.2 Å². The van der Waals surface area contributed by atoms with E-state index in [1.165, 1.54) is 0 Å². The van der Waals surface area contributed by atoms with Gasteiger partial charge in [0.05, 0.1) is 17.6 Å². The molecule has 0 saturated heterocycles. The zero-order valence-corrected chi connectivity index (χ0v) is 11.0. The van der Waals surface area contributed by atoms with E-state index in [0.717, 1.165) is 28.1 Å². The van der Waals surface area contributed by atoms with Crippen LogP contribution in [0.5, 0.6) is 0 Å². The number of halogens is 1. The van der Waals surface area contributed by atoms with Crippen LogP contribution in [0.1, 0.15) is 31.2 Å². The number of hydrogen-bond donors (Lipinski definition) is 1. The highest BCUT2D eigenvalue weighted by atomic mass is 127. The second kappa shape index (κ2) is 5.48. The molecule has 1 heterocycles. The molecule has 1 aromatic heterocycles. The highest BCUT2D eigenvalue weighted by molar-refractivity contribution is 14.1. The number of aryl methyl sites for hydroxylation is 1. The summed E-state index contributed by atoms with van der Waals surface area (Å²) in [5.41, 5.74) is 2.15. The van der Waals surface area contributed by atoms with Crippen LogP contribution in [0.3, 0.4) is 0 Å². The third-order valence-electron chi connectivity index (χ3n) is 2.02. The SMILES string of the molecule is CNc1ncc(C(C)C)nc1CCI. The predicted octanol–water partition coefficient (Wildman–Crippen LogP) is 2.62. The van der Waals surface area contributed by atoms with Crippen molar-refractivity contribution in [3.63, 3.8) is 0 Å². The van der Waals surface area contributed by atoms with Gasteiger partial charge in [0.2, 0.25) is 0 Å². The Bertz CT molecular complexity index is 299. The standard InChI is InChI=1S/C10H16IN3/c1-7(2)9-6-13-10(12-3)8(14-9)4-5-11/h6-7H,4-5H2,1-3H3,(H,12,13). The zero-order valence-electron chi connectivity index (χ0n) is 8.84. The topological polar surface area (TPSA) is 37.8 Å². The van der Waals surface area contributed by atoms with Crippen LogP contribution in [0.2, 0.25) is 0 Å². The first-order valence-corrected chi connectivity index (χ1v) is 6.31. The van der Waals surface area contributed by atoms with Crippen molar-refractivity contribution in [2.24, 2.45) is 0 Å². The molecule has 1 N–H and O–H groups in total. The maximum Gasteiger partial charge on any atom is 0.147 e. The molecule has 1 rings (SSSR count). The smallest absolute Gasteiger partial charge is 0.147 e. The Morgan fingerprint density at radius 2 is 2.21 bits per heavy atom. The molecule has 0 amide bonds. The number of nitrogens with one attached hydrogen (secondary N) is 1. The van der Waals surface area contributed by atoms with Gasteiger partial charge in [-0.3, -0.25) is 4.98 Å². The number of rotatable bonds is 4. The van der Waals surface area contributed by atoms with E-state index in [2.05, 4.69) is 51.7 Å². The molecule has 0 atom stereocenters. The van der Waals surface area contributed by atoms with Gasteiger partial charge in [0.25, 0.3) is 0 Å². The summed E-state index contributed by atoms with van der Waals surface area (Å²) < 4.78 is 1.07.